The topological polar surface area (TPSA) is 49.8 Å². The van der Waals surface area contributed by atoms with Crippen molar-refractivity contribution in [1.29, 1.82) is 0 Å². The van der Waals surface area contributed by atoms with E-state index in [0.717, 1.165) is 0 Å². The van der Waals surface area contributed by atoms with Crippen molar-refractivity contribution in [1.82, 2.24) is 9.97 Å². The normalized spacial score (nSPS) is 10.7. The van der Waals surface area contributed by atoms with Crippen molar-refractivity contribution in [3.05, 3.63) is 90.8 Å². The summed E-state index contributed by atoms with van der Waals surface area (Å²) in [5, 5.41) is 6.01. The molecule has 154 valence electrons. The van der Waals surface area contributed by atoms with Gasteiger partial charge in [-0.3, -0.25) is 0 Å². The number of alkyl halides is 2. The Hall–Kier alpha value is -3.61. The molecule has 3 aromatic rings. The zero-order valence-electron chi connectivity index (χ0n) is 16.4. The quantitative estimate of drug-likeness (QED) is 0.431. The van der Waals surface area contributed by atoms with Crippen LogP contribution in [0.1, 0.15) is 11.4 Å². The number of aryl methyl sites for hydroxylation is 1. The van der Waals surface area contributed by atoms with Gasteiger partial charge in [-0.05, 0) is 42.3 Å². The highest BCUT2D eigenvalue weighted by Crippen LogP contribution is 2.31. The number of rotatable bonds is 8. The third-order valence-electron chi connectivity index (χ3n) is 4.31. The molecular weight excluding hydrogens is 389 g/mol. The number of benzene rings is 2. The second-order valence-corrected chi connectivity index (χ2v) is 6.65. The monoisotopic (exact) mass is 410 g/mol. The number of aromatic nitrogens is 2. The van der Waals surface area contributed by atoms with E-state index in [-0.39, 0.29) is 12.1 Å². The molecule has 7 heteroatoms. The zero-order chi connectivity index (χ0) is 21.7. The molecule has 1 aromatic heterocycles. The van der Waals surface area contributed by atoms with Gasteiger partial charge in [0.25, 0.3) is 0 Å². The lowest BCUT2D eigenvalue weighted by atomic mass is 10.0. The lowest BCUT2D eigenvalue weighted by Gasteiger charge is -2.14. The predicted molar refractivity (Wildman–Crippen MR) is 115 cm³/mol. The standard InChI is InChI=1S/C23H21F3N4/c1-4-14(2)28-18-8-9-20(24)21(12-18)30-23-19(13-27-15(3)29-23)17-7-5-6-16(10-17)11-22(25)26/h4-10,12-13,22,28H,1-2,11H2,3H3,(H,27,29,30). The molecule has 0 aliphatic carbocycles. The molecular formula is C23H21F3N4. The van der Waals surface area contributed by atoms with Crippen LogP contribution in [0.2, 0.25) is 0 Å². The molecule has 3 rings (SSSR count). The molecule has 0 fully saturated rings. The van der Waals surface area contributed by atoms with E-state index in [4.69, 9.17) is 0 Å². The van der Waals surface area contributed by atoms with Crippen molar-refractivity contribution >= 4 is 17.2 Å². The minimum absolute atomic E-state index is 0.194. The van der Waals surface area contributed by atoms with Crippen LogP contribution in [0.5, 0.6) is 0 Å². The molecule has 1 heterocycles. The van der Waals surface area contributed by atoms with Crippen LogP contribution in [0.4, 0.5) is 30.4 Å². The number of nitrogens with one attached hydrogen (secondary N) is 2. The summed E-state index contributed by atoms with van der Waals surface area (Å²) in [6.07, 6.45) is 0.348. The number of allylic oxidation sites excluding steroid dienone is 1. The maximum absolute atomic E-state index is 14.5. The van der Waals surface area contributed by atoms with Crippen LogP contribution in [0.3, 0.4) is 0 Å². The lowest BCUT2D eigenvalue weighted by Crippen LogP contribution is -2.03. The summed E-state index contributed by atoms with van der Waals surface area (Å²) in [4.78, 5) is 8.60. The van der Waals surface area contributed by atoms with Crippen LogP contribution in [-0.2, 0) is 6.42 Å². The van der Waals surface area contributed by atoms with Gasteiger partial charge in [-0.2, -0.15) is 0 Å². The highest BCUT2D eigenvalue weighted by Gasteiger charge is 2.13. The van der Waals surface area contributed by atoms with Crippen molar-refractivity contribution in [2.75, 3.05) is 10.6 Å². The molecule has 0 saturated carbocycles. The van der Waals surface area contributed by atoms with Gasteiger partial charge in [-0.25, -0.2) is 23.1 Å². The molecule has 0 unspecified atom stereocenters. The van der Waals surface area contributed by atoms with Crippen LogP contribution in [0.15, 0.2) is 73.6 Å². The minimum Gasteiger partial charge on any atom is -0.356 e. The van der Waals surface area contributed by atoms with E-state index in [9.17, 15) is 13.2 Å². The first-order chi connectivity index (χ1) is 14.4. The van der Waals surface area contributed by atoms with Gasteiger partial charge in [0.05, 0.1) is 5.69 Å². The fourth-order valence-corrected chi connectivity index (χ4v) is 2.88. The second-order valence-electron chi connectivity index (χ2n) is 6.65. The molecule has 2 N–H and O–H groups in total. The van der Waals surface area contributed by atoms with E-state index in [1.54, 1.807) is 55.6 Å². The summed E-state index contributed by atoms with van der Waals surface area (Å²) in [6, 6.07) is 11.2. The Labute approximate surface area is 173 Å². The van der Waals surface area contributed by atoms with Crippen molar-refractivity contribution in [2.45, 2.75) is 19.8 Å². The van der Waals surface area contributed by atoms with Gasteiger partial charge < -0.3 is 10.6 Å². The van der Waals surface area contributed by atoms with Crippen LogP contribution >= 0.6 is 0 Å². The molecule has 0 aliphatic heterocycles. The van der Waals surface area contributed by atoms with Gasteiger partial charge >= 0.3 is 0 Å². The van der Waals surface area contributed by atoms with E-state index in [1.165, 1.54) is 6.07 Å². The van der Waals surface area contributed by atoms with Crippen molar-refractivity contribution in [3.63, 3.8) is 0 Å². The van der Waals surface area contributed by atoms with E-state index in [2.05, 4.69) is 33.8 Å². The Balaban J connectivity index is 1.98. The van der Waals surface area contributed by atoms with Crippen LogP contribution < -0.4 is 10.6 Å². The Bertz CT molecular complexity index is 1080. The highest BCUT2D eigenvalue weighted by molar-refractivity contribution is 5.79. The fraction of sp³-hybridized carbons (Fsp3) is 0.130. The molecule has 2 aromatic carbocycles. The summed E-state index contributed by atoms with van der Waals surface area (Å²) < 4.78 is 40.0. The molecule has 0 atom stereocenters. The van der Waals surface area contributed by atoms with E-state index >= 15 is 0 Å². The van der Waals surface area contributed by atoms with Gasteiger partial charge in [0.15, 0.2) is 0 Å². The van der Waals surface area contributed by atoms with Crippen molar-refractivity contribution < 1.29 is 13.2 Å². The fourth-order valence-electron chi connectivity index (χ4n) is 2.88. The molecule has 30 heavy (non-hydrogen) atoms. The number of hydrogen-bond donors (Lipinski definition) is 2. The zero-order valence-corrected chi connectivity index (χ0v) is 16.4. The number of halogens is 3. The van der Waals surface area contributed by atoms with Gasteiger partial charge in [-0.15, -0.1) is 0 Å². The molecule has 0 spiro atoms. The lowest BCUT2D eigenvalue weighted by molar-refractivity contribution is 0.149. The smallest absolute Gasteiger partial charge is 0.242 e. The number of nitrogens with zero attached hydrogens (tertiary/aromatic N) is 2. The molecule has 4 nitrogen and oxygen atoms in total. The Morgan fingerprint density at radius 1 is 1.20 bits per heavy atom. The first kappa shape index (κ1) is 21.1. The largest absolute Gasteiger partial charge is 0.356 e. The number of anilines is 3. The molecule has 0 bridgehead atoms. The van der Waals surface area contributed by atoms with Gasteiger partial charge in [-0.1, -0.05) is 37.4 Å². The van der Waals surface area contributed by atoms with E-state index in [0.29, 0.717) is 39.7 Å². The summed E-state index contributed by atoms with van der Waals surface area (Å²) in [6.45, 7) is 9.12. The Kier molecular flexibility index (Phi) is 6.51. The Morgan fingerprint density at radius 2 is 2.00 bits per heavy atom. The van der Waals surface area contributed by atoms with Gasteiger partial charge in [0, 0.05) is 29.6 Å². The third-order valence-corrected chi connectivity index (χ3v) is 4.31. The molecule has 0 saturated heterocycles. The van der Waals surface area contributed by atoms with Crippen molar-refractivity contribution in [3.8, 4) is 11.1 Å². The summed E-state index contributed by atoms with van der Waals surface area (Å²) in [7, 11) is 0. The number of hydrogen-bond acceptors (Lipinski definition) is 4. The summed E-state index contributed by atoms with van der Waals surface area (Å²) >= 11 is 0. The Morgan fingerprint density at radius 3 is 2.73 bits per heavy atom. The van der Waals surface area contributed by atoms with E-state index < -0.39 is 12.2 Å². The average Bonchev–Trinajstić information content (AvgIpc) is 2.70. The van der Waals surface area contributed by atoms with Crippen molar-refractivity contribution in [2.24, 2.45) is 0 Å². The third kappa shape index (κ3) is 5.26. The maximum Gasteiger partial charge on any atom is 0.242 e. The van der Waals surface area contributed by atoms with Gasteiger partial charge in [0.2, 0.25) is 6.43 Å². The SMILES string of the molecule is C=CC(=C)Nc1ccc(F)c(Nc2nc(C)ncc2-c2cccc(CC(F)F)c2)c1. The first-order valence-corrected chi connectivity index (χ1v) is 9.21. The molecule has 0 radical (unpaired) electrons. The first-order valence-electron chi connectivity index (χ1n) is 9.21. The summed E-state index contributed by atoms with van der Waals surface area (Å²) in [5.74, 6) is 0.383. The maximum atomic E-state index is 14.5. The average molecular weight is 410 g/mol. The summed E-state index contributed by atoms with van der Waals surface area (Å²) in [5.41, 5.74) is 3.11. The highest BCUT2D eigenvalue weighted by atomic mass is 19.3. The second kappa shape index (κ2) is 9.26. The van der Waals surface area contributed by atoms with Gasteiger partial charge in [0.1, 0.15) is 17.5 Å². The molecule has 0 aliphatic rings. The minimum atomic E-state index is -2.44. The van der Waals surface area contributed by atoms with Crippen LogP contribution in [0.25, 0.3) is 11.1 Å². The predicted octanol–water partition coefficient (Wildman–Crippen LogP) is 6.25. The van der Waals surface area contributed by atoms with Crippen LogP contribution in [0, 0.1) is 12.7 Å². The molecule has 0 amide bonds. The van der Waals surface area contributed by atoms with Crippen LogP contribution in [-0.4, -0.2) is 16.4 Å². The van der Waals surface area contributed by atoms with E-state index in [1.807, 2.05) is 0 Å².